The molecule has 2 aromatic rings. The molecule has 0 aromatic heterocycles. The second-order valence-electron chi connectivity index (χ2n) is 8.67. The predicted octanol–water partition coefficient (Wildman–Crippen LogP) is 3.84. The zero-order valence-corrected chi connectivity index (χ0v) is 18.9. The molecular weight excluding hydrogens is 404 g/mol. The number of para-hydroxylation sites is 1. The number of methoxy groups -OCH3 is 2. The SMILES string of the molecule is COc1ccc(CCNC(=O)C2CC3CCCCC3N2C(=O)c2ccccc2OC)cc1. The van der Waals surface area contributed by atoms with E-state index in [0.717, 1.165) is 43.4 Å². The predicted molar refractivity (Wildman–Crippen MR) is 123 cm³/mol. The normalized spacial score (nSPS) is 22.2. The Morgan fingerprint density at radius 3 is 2.50 bits per heavy atom. The summed E-state index contributed by atoms with van der Waals surface area (Å²) in [6.07, 6.45) is 5.78. The van der Waals surface area contributed by atoms with Crippen molar-refractivity contribution < 1.29 is 19.1 Å². The zero-order valence-electron chi connectivity index (χ0n) is 18.9. The van der Waals surface area contributed by atoms with E-state index in [0.29, 0.717) is 23.8 Å². The topological polar surface area (TPSA) is 67.9 Å². The Kier molecular flexibility index (Phi) is 6.98. The molecule has 0 bridgehead atoms. The van der Waals surface area contributed by atoms with Gasteiger partial charge in [0.05, 0.1) is 19.8 Å². The highest BCUT2D eigenvalue weighted by Crippen LogP contribution is 2.41. The monoisotopic (exact) mass is 436 g/mol. The molecule has 1 saturated carbocycles. The van der Waals surface area contributed by atoms with Crippen LogP contribution >= 0.6 is 0 Å². The average Bonchev–Trinajstić information content (AvgIpc) is 3.23. The summed E-state index contributed by atoms with van der Waals surface area (Å²) in [6, 6.07) is 14.8. The second-order valence-corrected chi connectivity index (χ2v) is 8.67. The van der Waals surface area contributed by atoms with Crippen LogP contribution in [0.1, 0.15) is 48.0 Å². The zero-order chi connectivity index (χ0) is 22.5. The van der Waals surface area contributed by atoms with E-state index in [1.807, 2.05) is 41.3 Å². The van der Waals surface area contributed by atoms with E-state index in [9.17, 15) is 9.59 Å². The number of ether oxygens (including phenoxy) is 2. The molecule has 1 aliphatic carbocycles. The highest BCUT2D eigenvalue weighted by Gasteiger charge is 2.47. The number of hydrogen-bond acceptors (Lipinski definition) is 4. The minimum Gasteiger partial charge on any atom is -0.497 e. The first kappa shape index (κ1) is 22.2. The second kappa shape index (κ2) is 10.1. The number of nitrogens with one attached hydrogen (secondary N) is 1. The molecule has 1 N–H and O–H groups in total. The van der Waals surface area contributed by atoms with Gasteiger partial charge in [0.15, 0.2) is 0 Å². The molecule has 2 aromatic carbocycles. The Morgan fingerprint density at radius 1 is 1.00 bits per heavy atom. The van der Waals surface area contributed by atoms with Crippen molar-refractivity contribution in [1.29, 1.82) is 0 Å². The molecule has 6 nitrogen and oxygen atoms in total. The summed E-state index contributed by atoms with van der Waals surface area (Å²) in [5.74, 6) is 1.59. The molecule has 0 radical (unpaired) electrons. The molecular formula is C26H32N2O4. The van der Waals surface area contributed by atoms with Crippen molar-refractivity contribution in [3.05, 3.63) is 59.7 Å². The van der Waals surface area contributed by atoms with Crippen LogP contribution in [-0.2, 0) is 11.2 Å². The third-order valence-corrected chi connectivity index (χ3v) is 6.83. The van der Waals surface area contributed by atoms with Crippen LogP contribution in [0.15, 0.2) is 48.5 Å². The molecule has 3 atom stereocenters. The first-order chi connectivity index (χ1) is 15.6. The molecule has 170 valence electrons. The summed E-state index contributed by atoms with van der Waals surface area (Å²) in [5, 5.41) is 3.08. The van der Waals surface area contributed by atoms with Crippen LogP contribution in [0, 0.1) is 5.92 Å². The van der Waals surface area contributed by atoms with Gasteiger partial charge in [0.2, 0.25) is 5.91 Å². The van der Waals surface area contributed by atoms with Gasteiger partial charge in [-0.05, 0) is 61.4 Å². The van der Waals surface area contributed by atoms with Crippen molar-refractivity contribution in [2.75, 3.05) is 20.8 Å². The Bertz CT molecular complexity index is 943. The molecule has 6 heteroatoms. The molecule has 1 heterocycles. The van der Waals surface area contributed by atoms with Gasteiger partial charge in [-0.15, -0.1) is 0 Å². The molecule has 2 amide bonds. The standard InChI is InChI=1S/C26H32N2O4/c1-31-20-13-11-18(12-14-20)15-16-27-25(29)23-17-19-7-3-5-9-22(19)28(23)26(30)21-8-4-6-10-24(21)32-2/h4,6,8,10-14,19,22-23H,3,5,7,9,15-17H2,1-2H3,(H,27,29). The van der Waals surface area contributed by atoms with Crippen LogP contribution in [0.3, 0.4) is 0 Å². The Balaban J connectivity index is 1.47. The average molecular weight is 437 g/mol. The first-order valence-corrected chi connectivity index (χ1v) is 11.5. The highest BCUT2D eigenvalue weighted by atomic mass is 16.5. The molecule has 2 fully saturated rings. The summed E-state index contributed by atoms with van der Waals surface area (Å²) in [6.45, 7) is 0.535. The van der Waals surface area contributed by atoms with Gasteiger partial charge >= 0.3 is 0 Å². The fourth-order valence-corrected chi connectivity index (χ4v) is 5.19. The largest absolute Gasteiger partial charge is 0.497 e. The van der Waals surface area contributed by atoms with E-state index in [-0.39, 0.29) is 17.9 Å². The third-order valence-electron chi connectivity index (χ3n) is 6.83. The van der Waals surface area contributed by atoms with Crippen molar-refractivity contribution in [3.8, 4) is 11.5 Å². The van der Waals surface area contributed by atoms with Crippen LogP contribution in [0.25, 0.3) is 0 Å². The Morgan fingerprint density at radius 2 is 1.75 bits per heavy atom. The first-order valence-electron chi connectivity index (χ1n) is 11.5. The van der Waals surface area contributed by atoms with Crippen molar-refractivity contribution in [2.45, 2.75) is 50.6 Å². The lowest BCUT2D eigenvalue weighted by atomic mass is 9.84. The maximum Gasteiger partial charge on any atom is 0.258 e. The number of nitrogens with zero attached hydrogens (tertiary/aromatic N) is 1. The number of hydrogen-bond donors (Lipinski definition) is 1. The number of carbonyl (C=O) groups is 2. The van der Waals surface area contributed by atoms with Gasteiger partial charge in [0, 0.05) is 12.6 Å². The fourth-order valence-electron chi connectivity index (χ4n) is 5.19. The van der Waals surface area contributed by atoms with Crippen LogP contribution in [0.5, 0.6) is 11.5 Å². The van der Waals surface area contributed by atoms with E-state index in [2.05, 4.69) is 5.32 Å². The van der Waals surface area contributed by atoms with Gasteiger partial charge < -0.3 is 19.7 Å². The van der Waals surface area contributed by atoms with Crippen molar-refractivity contribution in [2.24, 2.45) is 5.92 Å². The van der Waals surface area contributed by atoms with E-state index < -0.39 is 6.04 Å². The number of fused-ring (bicyclic) bond motifs is 1. The van der Waals surface area contributed by atoms with E-state index in [1.54, 1.807) is 26.4 Å². The van der Waals surface area contributed by atoms with Gasteiger partial charge in [-0.25, -0.2) is 0 Å². The number of rotatable bonds is 7. The van der Waals surface area contributed by atoms with Crippen LogP contribution < -0.4 is 14.8 Å². The lowest BCUT2D eigenvalue weighted by Gasteiger charge is -2.34. The Labute approximate surface area is 189 Å². The maximum atomic E-state index is 13.6. The van der Waals surface area contributed by atoms with E-state index in [4.69, 9.17) is 9.47 Å². The number of benzene rings is 2. The summed E-state index contributed by atoms with van der Waals surface area (Å²) < 4.78 is 10.6. The molecule has 0 spiro atoms. The summed E-state index contributed by atoms with van der Waals surface area (Å²) in [4.78, 5) is 28.7. The van der Waals surface area contributed by atoms with Gasteiger partial charge in [-0.3, -0.25) is 9.59 Å². The third kappa shape index (κ3) is 4.59. The van der Waals surface area contributed by atoms with Gasteiger partial charge in [-0.2, -0.15) is 0 Å². The summed E-state index contributed by atoms with van der Waals surface area (Å²) >= 11 is 0. The van der Waals surface area contributed by atoms with Gasteiger partial charge in [0.25, 0.3) is 5.91 Å². The van der Waals surface area contributed by atoms with E-state index in [1.165, 1.54) is 6.42 Å². The molecule has 32 heavy (non-hydrogen) atoms. The fraction of sp³-hybridized carbons (Fsp3) is 0.462. The molecule has 3 unspecified atom stereocenters. The molecule has 1 aliphatic heterocycles. The highest BCUT2D eigenvalue weighted by molar-refractivity contribution is 6.00. The van der Waals surface area contributed by atoms with Crippen molar-refractivity contribution >= 4 is 11.8 Å². The summed E-state index contributed by atoms with van der Waals surface area (Å²) in [5.41, 5.74) is 1.66. The van der Waals surface area contributed by atoms with Crippen LogP contribution in [-0.4, -0.2) is 49.6 Å². The Hall–Kier alpha value is -3.02. The number of carbonyl (C=O) groups excluding carboxylic acids is 2. The minimum atomic E-state index is -0.434. The molecule has 4 rings (SSSR count). The number of likely N-dealkylation sites (tertiary alicyclic amines) is 1. The molecule has 2 aliphatic rings. The number of amides is 2. The van der Waals surface area contributed by atoms with Crippen molar-refractivity contribution in [3.63, 3.8) is 0 Å². The smallest absolute Gasteiger partial charge is 0.258 e. The van der Waals surface area contributed by atoms with Crippen molar-refractivity contribution in [1.82, 2.24) is 10.2 Å². The summed E-state index contributed by atoms with van der Waals surface area (Å²) in [7, 11) is 3.22. The van der Waals surface area contributed by atoms with Gasteiger partial charge in [-0.1, -0.05) is 37.1 Å². The minimum absolute atomic E-state index is 0.0591. The lowest BCUT2D eigenvalue weighted by Crippen LogP contribution is -2.50. The van der Waals surface area contributed by atoms with Gasteiger partial charge in [0.1, 0.15) is 17.5 Å². The molecule has 1 saturated heterocycles. The van der Waals surface area contributed by atoms with Crippen LogP contribution in [0.2, 0.25) is 0 Å². The lowest BCUT2D eigenvalue weighted by molar-refractivity contribution is -0.125. The van der Waals surface area contributed by atoms with Crippen LogP contribution in [0.4, 0.5) is 0 Å². The van der Waals surface area contributed by atoms with E-state index >= 15 is 0 Å². The maximum absolute atomic E-state index is 13.6. The quantitative estimate of drug-likeness (QED) is 0.716.